The third-order valence-electron chi connectivity index (χ3n) is 6.47. The normalized spacial score (nSPS) is 27.6. The van der Waals surface area contributed by atoms with Crippen LogP contribution in [0.3, 0.4) is 0 Å². The number of piperidine rings is 2. The molecule has 0 aliphatic carbocycles. The minimum atomic E-state index is -0.437. The standard InChI is InChI=1S/C21H30N4O4/c1-14-5-7-23(12-19(14)28-3)17-9-16(11-22)21(25(26)27)18(10-17)24-8-6-15(2)20(13-24)29-4/h9-10,14-15,19-20H,5-8,12-13H2,1-4H3. The Hall–Kier alpha value is -2.37. The molecule has 4 unspecified atom stereocenters. The SMILES string of the molecule is COC1CN(c2cc(C#N)c([N+](=O)[O-])c(N3CCC(C)C(OC)C3)c2)CCC1C. The molecule has 0 amide bonds. The van der Waals surface area contributed by atoms with E-state index in [1.54, 1.807) is 20.3 Å². The van der Waals surface area contributed by atoms with Crippen molar-refractivity contribution in [3.8, 4) is 6.07 Å². The highest BCUT2D eigenvalue weighted by atomic mass is 16.6. The lowest BCUT2D eigenvalue weighted by atomic mass is 9.94. The summed E-state index contributed by atoms with van der Waals surface area (Å²) in [5, 5.41) is 21.5. The molecular weight excluding hydrogens is 372 g/mol. The van der Waals surface area contributed by atoms with Crippen LogP contribution in [0.2, 0.25) is 0 Å². The highest BCUT2D eigenvalue weighted by Gasteiger charge is 2.33. The highest BCUT2D eigenvalue weighted by Crippen LogP contribution is 2.39. The number of hydrogen-bond acceptors (Lipinski definition) is 7. The number of benzene rings is 1. The molecule has 2 aliphatic heterocycles. The van der Waals surface area contributed by atoms with Crippen LogP contribution in [0.4, 0.5) is 17.1 Å². The average molecular weight is 402 g/mol. The van der Waals surface area contributed by atoms with E-state index in [4.69, 9.17) is 9.47 Å². The number of anilines is 2. The van der Waals surface area contributed by atoms with Crippen LogP contribution in [-0.2, 0) is 9.47 Å². The van der Waals surface area contributed by atoms with E-state index in [0.29, 0.717) is 37.2 Å². The van der Waals surface area contributed by atoms with E-state index in [9.17, 15) is 15.4 Å². The molecule has 0 saturated carbocycles. The molecular formula is C21H30N4O4. The third kappa shape index (κ3) is 4.31. The largest absolute Gasteiger partial charge is 0.379 e. The van der Waals surface area contributed by atoms with Crippen molar-refractivity contribution in [3.63, 3.8) is 0 Å². The molecule has 8 heteroatoms. The molecule has 8 nitrogen and oxygen atoms in total. The molecule has 4 atom stereocenters. The van der Waals surface area contributed by atoms with Crippen molar-refractivity contribution in [2.24, 2.45) is 11.8 Å². The summed E-state index contributed by atoms with van der Waals surface area (Å²) in [5.74, 6) is 0.843. The Morgan fingerprint density at radius 2 is 1.62 bits per heavy atom. The number of nitriles is 1. The highest BCUT2D eigenvalue weighted by molar-refractivity contribution is 5.76. The minimum Gasteiger partial charge on any atom is -0.379 e. The lowest BCUT2D eigenvalue weighted by molar-refractivity contribution is -0.384. The number of ether oxygens (including phenoxy) is 2. The molecule has 2 saturated heterocycles. The summed E-state index contributed by atoms with van der Waals surface area (Å²) in [5.41, 5.74) is 1.33. The minimum absolute atomic E-state index is 0.00579. The van der Waals surface area contributed by atoms with Gasteiger partial charge in [0.15, 0.2) is 0 Å². The Morgan fingerprint density at radius 3 is 2.14 bits per heavy atom. The van der Waals surface area contributed by atoms with Crippen molar-refractivity contribution in [2.45, 2.75) is 38.9 Å². The summed E-state index contributed by atoms with van der Waals surface area (Å²) in [6.07, 6.45) is 1.96. The van der Waals surface area contributed by atoms with Gasteiger partial charge < -0.3 is 19.3 Å². The van der Waals surface area contributed by atoms with Gasteiger partial charge in [-0.1, -0.05) is 13.8 Å². The molecule has 1 aromatic rings. The second-order valence-electron chi connectivity index (χ2n) is 8.20. The van der Waals surface area contributed by atoms with Crippen LogP contribution >= 0.6 is 0 Å². The zero-order chi connectivity index (χ0) is 21.1. The summed E-state index contributed by atoms with van der Waals surface area (Å²) in [7, 11) is 3.39. The fraction of sp³-hybridized carbons (Fsp3) is 0.667. The van der Waals surface area contributed by atoms with E-state index in [2.05, 4.69) is 18.7 Å². The van der Waals surface area contributed by atoms with Gasteiger partial charge in [0.1, 0.15) is 17.3 Å². The Balaban J connectivity index is 2.01. The zero-order valence-electron chi connectivity index (χ0n) is 17.6. The van der Waals surface area contributed by atoms with Gasteiger partial charge in [-0.2, -0.15) is 5.26 Å². The molecule has 2 heterocycles. The third-order valence-corrected chi connectivity index (χ3v) is 6.47. The Morgan fingerprint density at radius 1 is 1.07 bits per heavy atom. The molecule has 0 spiro atoms. The van der Waals surface area contributed by atoms with E-state index in [1.807, 2.05) is 17.0 Å². The predicted molar refractivity (Wildman–Crippen MR) is 111 cm³/mol. The van der Waals surface area contributed by atoms with Crippen LogP contribution in [0, 0.1) is 33.3 Å². The lowest BCUT2D eigenvalue weighted by Crippen LogP contribution is -2.45. The molecule has 0 radical (unpaired) electrons. The van der Waals surface area contributed by atoms with Crippen LogP contribution in [0.25, 0.3) is 0 Å². The Kier molecular flexibility index (Phi) is 6.60. The predicted octanol–water partition coefficient (Wildman–Crippen LogP) is 3.19. The fourth-order valence-electron chi connectivity index (χ4n) is 4.44. The first-order chi connectivity index (χ1) is 13.9. The summed E-state index contributed by atoms with van der Waals surface area (Å²) >= 11 is 0. The van der Waals surface area contributed by atoms with Gasteiger partial charge in [0.2, 0.25) is 0 Å². The Bertz CT molecular complexity index is 794. The van der Waals surface area contributed by atoms with E-state index >= 15 is 0 Å². The number of nitrogens with zero attached hydrogens (tertiary/aromatic N) is 4. The van der Waals surface area contributed by atoms with Crippen LogP contribution in [-0.4, -0.2) is 57.5 Å². The van der Waals surface area contributed by atoms with E-state index in [0.717, 1.165) is 25.1 Å². The van der Waals surface area contributed by atoms with Crippen LogP contribution in [0.5, 0.6) is 0 Å². The number of nitro groups is 1. The number of nitro benzene ring substituents is 1. The number of hydrogen-bond donors (Lipinski definition) is 0. The lowest BCUT2D eigenvalue weighted by Gasteiger charge is -2.39. The molecule has 0 N–H and O–H groups in total. The zero-order valence-corrected chi connectivity index (χ0v) is 17.6. The smallest absolute Gasteiger partial charge is 0.310 e. The van der Waals surface area contributed by atoms with Crippen LogP contribution in [0.1, 0.15) is 32.3 Å². The van der Waals surface area contributed by atoms with Crippen molar-refractivity contribution in [1.29, 1.82) is 5.26 Å². The van der Waals surface area contributed by atoms with Gasteiger partial charge in [-0.25, -0.2) is 0 Å². The molecule has 1 aromatic carbocycles. The fourth-order valence-corrected chi connectivity index (χ4v) is 4.44. The quantitative estimate of drug-likeness (QED) is 0.552. The first kappa shape index (κ1) is 21.3. The molecule has 158 valence electrons. The van der Waals surface area contributed by atoms with E-state index in [-0.39, 0.29) is 23.5 Å². The second-order valence-corrected chi connectivity index (χ2v) is 8.20. The average Bonchev–Trinajstić information content (AvgIpc) is 2.73. The van der Waals surface area contributed by atoms with Crippen LogP contribution < -0.4 is 9.80 Å². The van der Waals surface area contributed by atoms with Crippen molar-refractivity contribution >= 4 is 17.1 Å². The maximum absolute atomic E-state index is 11.9. The monoisotopic (exact) mass is 402 g/mol. The molecule has 0 bridgehead atoms. The van der Waals surface area contributed by atoms with E-state index < -0.39 is 4.92 Å². The molecule has 3 rings (SSSR count). The van der Waals surface area contributed by atoms with Gasteiger partial charge in [-0.05, 0) is 36.8 Å². The maximum Gasteiger partial charge on any atom is 0.310 e. The topological polar surface area (TPSA) is 91.9 Å². The van der Waals surface area contributed by atoms with Gasteiger partial charge in [0.25, 0.3) is 0 Å². The van der Waals surface area contributed by atoms with Crippen molar-refractivity contribution in [1.82, 2.24) is 0 Å². The summed E-state index contributed by atoms with van der Waals surface area (Å²) < 4.78 is 11.2. The molecule has 29 heavy (non-hydrogen) atoms. The first-order valence-corrected chi connectivity index (χ1v) is 10.2. The summed E-state index contributed by atoms with van der Waals surface area (Å²) in [6.45, 7) is 7.13. The number of rotatable bonds is 5. The number of methoxy groups -OCH3 is 2. The van der Waals surface area contributed by atoms with Gasteiger partial charge in [0.05, 0.1) is 17.1 Å². The van der Waals surface area contributed by atoms with Crippen molar-refractivity contribution in [3.05, 3.63) is 27.8 Å². The van der Waals surface area contributed by atoms with Gasteiger partial charge >= 0.3 is 5.69 Å². The summed E-state index contributed by atoms with van der Waals surface area (Å²) in [4.78, 5) is 15.6. The molecule has 2 fully saturated rings. The van der Waals surface area contributed by atoms with Gasteiger partial charge in [-0.3, -0.25) is 10.1 Å². The Labute approximate surface area is 172 Å². The second kappa shape index (κ2) is 8.97. The summed E-state index contributed by atoms with van der Waals surface area (Å²) in [6, 6.07) is 5.56. The maximum atomic E-state index is 11.9. The first-order valence-electron chi connectivity index (χ1n) is 10.2. The van der Waals surface area contributed by atoms with E-state index in [1.165, 1.54) is 0 Å². The van der Waals surface area contributed by atoms with Gasteiger partial charge in [-0.15, -0.1) is 0 Å². The van der Waals surface area contributed by atoms with Gasteiger partial charge in [0, 0.05) is 46.1 Å². The van der Waals surface area contributed by atoms with Crippen molar-refractivity contribution < 1.29 is 14.4 Å². The molecule has 0 aromatic heterocycles. The molecule has 2 aliphatic rings. The van der Waals surface area contributed by atoms with Crippen molar-refractivity contribution in [2.75, 3.05) is 50.2 Å². The van der Waals surface area contributed by atoms with Crippen LogP contribution in [0.15, 0.2) is 12.1 Å².